The maximum absolute atomic E-state index is 12.9. The van der Waals surface area contributed by atoms with Gasteiger partial charge in [0, 0.05) is 19.3 Å². The predicted octanol–water partition coefficient (Wildman–Crippen LogP) is 21.1. The summed E-state index contributed by atoms with van der Waals surface area (Å²) in [5, 5.41) is 0. The van der Waals surface area contributed by atoms with Crippen LogP contribution in [0.3, 0.4) is 0 Å². The Morgan fingerprint density at radius 1 is 0.288 bits per heavy atom. The fraction of sp³-hybridized carbons (Fsp3) is 0.746. The van der Waals surface area contributed by atoms with Crippen LogP contribution < -0.4 is 0 Å². The predicted molar refractivity (Wildman–Crippen MR) is 316 cm³/mol. The molecule has 0 aliphatic carbocycles. The Morgan fingerprint density at radius 2 is 0.562 bits per heavy atom. The molecule has 73 heavy (non-hydrogen) atoms. The Balaban J connectivity index is 4.45. The maximum Gasteiger partial charge on any atom is 0.306 e. The highest BCUT2D eigenvalue weighted by atomic mass is 16.6. The van der Waals surface area contributed by atoms with Gasteiger partial charge < -0.3 is 14.2 Å². The van der Waals surface area contributed by atoms with Crippen molar-refractivity contribution >= 4 is 17.9 Å². The number of carbonyl (C=O) groups excluding carboxylic acids is 3. The average molecular weight is 1020 g/mol. The first-order valence-electron chi connectivity index (χ1n) is 31.1. The van der Waals surface area contributed by atoms with Crippen LogP contribution >= 0.6 is 0 Å². The van der Waals surface area contributed by atoms with Gasteiger partial charge in [-0.15, -0.1) is 0 Å². The summed E-state index contributed by atoms with van der Waals surface area (Å²) in [5.74, 6) is -0.985. The summed E-state index contributed by atoms with van der Waals surface area (Å²) in [6.45, 7) is 6.48. The van der Waals surface area contributed by atoms with Gasteiger partial charge in [-0.25, -0.2) is 0 Å². The summed E-state index contributed by atoms with van der Waals surface area (Å²) >= 11 is 0. The molecule has 0 fully saturated rings. The second-order valence-corrected chi connectivity index (χ2v) is 20.6. The van der Waals surface area contributed by atoms with E-state index in [2.05, 4.69) is 99.8 Å². The highest BCUT2D eigenvalue weighted by Gasteiger charge is 2.19. The van der Waals surface area contributed by atoms with E-state index < -0.39 is 6.10 Å². The fourth-order valence-electron chi connectivity index (χ4n) is 8.76. The zero-order chi connectivity index (χ0) is 52.9. The van der Waals surface area contributed by atoms with E-state index in [1.165, 1.54) is 173 Å². The number of rotatable bonds is 56. The van der Waals surface area contributed by atoms with E-state index in [1.807, 2.05) is 6.08 Å². The topological polar surface area (TPSA) is 78.9 Å². The van der Waals surface area contributed by atoms with Gasteiger partial charge in [0.1, 0.15) is 13.2 Å². The van der Waals surface area contributed by atoms with Crippen molar-refractivity contribution in [2.24, 2.45) is 0 Å². The van der Waals surface area contributed by atoms with Crippen LogP contribution in [0.25, 0.3) is 0 Å². The minimum Gasteiger partial charge on any atom is -0.462 e. The van der Waals surface area contributed by atoms with Gasteiger partial charge >= 0.3 is 17.9 Å². The van der Waals surface area contributed by atoms with Gasteiger partial charge in [-0.05, 0) is 83.5 Å². The summed E-state index contributed by atoms with van der Waals surface area (Å²) < 4.78 is 16.8. The van der Waals surface area contributed by atoms with Crippen molar-refractivity contribution in [1.29, 1.82) is 0 Å². The lowest BCUT2D eigenvalue weighted by Crippen LogP contribution is -2.30. The first-order valence-corrected chi connectivity index (χ1v) is 31.1. The molecule has 0 N–H and O–H groups in total. The minimum absolute atomic E-state index is 0.102. The normalized spacial score (nSPS) is 12.6. The van der Waals surface area contributed by atoms with E-state index in [-0.39, 0.29) is 37.5 Å². The molecule has 0 aliphatic rings. The van der Waals surface area contributed by atoms with Gasteiger partial charge in [0.25, 0.3) is 0 Å². The molecule has 0 aromatic rings. The monoisotopic (exact) mass is 1020 g/mol. The summed E-state index contributed by atoms with van der Waals surface area (Å²) in [7, 11) is 0. The van der Waals surface area contributed by atoms with Crippen LogP contribution in [-0.2, 0) is 28.6 Å². The van der Waals surface area contributed by atoms with Crippen LogP contribution in [0.4, 0.5) is 0 Å². The molecular formula is C67H116O6. The molecule has 0 heterocycles. The number of esters is 3. The molecule has 6 heteroatoms. The Labute approximate surface area is 452 Å². The van der Waals surface area contributed by atoms with Crippen molar-refractivity contribution in [3.8, 4) is 0 Å². The lowest BCUT2D eigenvalue weighted by Gasteiger charge is -2.18. The van der Waals surface area contributed by atoms with Crippen molar-refractivity contribution in [1.82, 2.24) is 0 Å². The molecule has 0 bridgehead atoms. The van der Waals surface area contributed by atoms with Gasteiger partial charge in [0.2, 0.25) is 0 Å². The summed E-state index contributed by atoms with van der Waals surface area (Å²) in [6.07, 6.45) is 80.3. The molecule has 0 aliphatic heterocycles. The first-order chi connectivity index (χ1) is 36.0. The molecule has 0 spiro atoms. The van der Waals surface area contributed by atoms with Crippen LogP contribution in [0.1, 0.15) is 303 Å². The highest BCUT2D eigenvalue weighted by Crippen LogP contribution is 2.17. The van der Waals surface area contributed by atoms with Gasteiger partial charge in [0.05, 0.1) is 0 Å². The second-order valence-electron chi connectivity index (χ2n) is 20.6. The number of unbranched alkanes of at least 4 members (excludes halogenated alkanes) is 31. The van der Waals surface area contributed by atoms with Gasteiger partial charge in [-0.2, -0.15) is 0 Å². The van der Waals surface area contributed by atoms with Crippen LogP contribution in [0, 0.1) is 0 Å². The van der Waals surface area contributed by atoms with Crippen molar-refractivity contribution in [2.45, 2.75) is 309 Å². The lowest BCUT2D eigenvalue weighted by molar-refractivity contribution is -0.166. The maximum atomic E-state index is 12.9. The zero-order valence-electron chi connectivity index (χ0n) is 48.1. The van der Waals surface area contributed by atoms with Crippen LogP contribution in [-0.4, -0.2) is 37.2 Å². The molecule has 0 saturated carbocycles. The molecule has 0 radical (unpaired) electrons. The van der Waals surface area contributed by atoms with Crippen molar-refractivity contribution < 1.29 is 28.6 Å². The quantitative estimate of drug-likeness (QED) is 0.0261. The third-order valence-corrected chi connectivity index (χ3v) is 13.4. The second kappa shape index (κ2) is 61.1. The number of hydrogen-bond donors (Lipinski definition) is 0. The third kappa shape index (κ3) is 59.3. The molecule has 0 saturated heterocycles. The Hall–Kier alpha value is -3.41. The van der Waals surface area contributed by atoms with Crippen molar-refractivity contribution in [2.75, 3.05) is 13.2 Å². The van der Waals surface area contributed by atoms with E-state index >= 15 is 0 Å². The van der Waals surface area contributed by atoms with E-state index in [9.17, 15) is 14.4 Å². The zero-order valence-corrected chi connectivity index (χ0v) is 48.1. The van der Waals surface area contributed by atoms with E-state index in [0.29, 0.717) is 19.3 Å². The van der Waals surface area contributed by atoms with Gasteiger partial charge in [-0.3, -0.25) is 14.4 Å². The van der Waals surface area contributed by atoms with Crippen LogP contribution in [0.15, 0.2) is 85.1 Å². The lowest BCUT2D eigenvalue weighted by atomic mass is 10.0. The minimum atomic E-state index is -0.810. The molecular weight excluding hydrogens is 901 g/mol. The van der Waals surface area contributed by atoms with Crippen molar-refractivity contribution in [3.63, 3.8) is 0 Å². The summed E-state index contributed by atoms with van der Waals surface area (Å²) in [6, 6.07) is 0. The first kappa shape index (κ1) is 69.6. The molecule has 6 nitrogen and oxygen atoms in total. The Bertz CT molecular complexity index is 1400. The molecule has 0 amide bonds. The Morgan fingerprint density at radius 3 is 0.918 bits per heavy atom. The smallest absolute Gasteiger partial charge is 0.306 e. The SMILES string of the molecule is CC/C=C\C/C=C\C/C=C\C/C=C\C/C=C\C/C=C\CCC(=O)OC[C@H](COC(=O)CCCCCCC/C=C\CCCCCCCC)OC(=O)CCCCCCCCCCCCCCCCCCCCCCC. The van der Waals surface area contributed by atoms with Crippen molar-refractivity contribution in [3.05, 3.63) is 85.1 Å². The number of allylic oxidation sites excluding steroid dienone is 14. The summed E-state index contributed by atoms with van der Waals surface area (Å²) in [4.78, 5) is 38.2. The number of ether oxygens (including phenoxy) is 3. The molecule has 0 unspecified atom stereocenters. The fourth-order valence-corrected chi connectivity index (χ4v) is 8.76. The third-order valence-electron chi connectivity index (χ3n) is 13.4. The largest absolute Gasteiger partial charge is 0.462 e. The molecule has 420 valence electrons. The van der Waals surface area contributed by atoms with E-state index in [4.69, 9.17) is 14.2 Å². The van der Waals surface area contributed by atoms with E-state index in [0.717, 1.165) is 83.5 Å². The van der Waals surface area contributed by atoms with Crippen LogP contribution in [0.5, 0.6) is 0 Å². The standard InChI is InChI=1S/C67H116O6/c1-4-7-10-13-16-19-22-25-28-30-32-33-35-37-40-43-46-49-52-55-58-61-67(70)73-64(62-71-65(68)59-56-53-50-47-44-41-38-27-24-21-18-15-12-9-6-3)63-72-66(69)60-57-54-51-48-45-42-39-36-34-31-29-26-23-20-17-14-11-8-5-2/h8,11,17,20,26-27,29,34,36,38,42,45,51,54,64H,4-7,9-10,12-16,18-19,21-25,28,30-33,35,37,39-41,43-44,46-50,52-53,55-63H2,1-3H3/b11-8-,20-17-,29-26-,36-34-,38-27-,45-42-,54-51-/t64-/m0/s1. The highest BCUT2D eigenvalue weighted by molar-refractivity contribution is 5.71. The molecule has 0 rings (SSSR count). The van der Waals surface area contributed by atoms with E-state index in [1.54, 1.807) is 0 Å². The summed E-state index contributed by atoms with van der Waals surface area (Å²) in [5.41, 5.74) is 0. The number of carbonyl (C=O) groups is 3. The van der Waals surface area contributed by atoms with Gasteiger partial charge in [0.15, 0.2) is 6.10 Å². The average Bonchev–Trinajstić information content (AvgIpc) is 3.39. The molecule has 0 aromatic heterocycles. The molecule has 1 atom stereocenters. The number of hydrogen-bond acceptors (Lipinski definition) is 6. The Kier molecular flexibility index (Phi) is 58.3. The van der Waals surface area contributed by atoms with Crippen LogP contribution in [0.2, 0.25) is 0 Å². The van der Waals surface area contributed by atoms with Gasteiger partial charge in [-0.1, -0.05) is 286 Å². The molecule has 0 aromatic carbocycles.